The number of carbonyl (C=O) groups is 1. The van der Waals surface area contributed by atoms with Crippen molar-refractivity contribution in [3.8, 4) is 5.69 Å². The lowest BCUT2D eigenvalue weighted by Crippen LogP contribution is -2.32. The summed E-state index contributed by atoms with van der Waals surface area (Å²) in [5, 5.41) is 8.74. The summed E-state index contributed by atoms with van der Waals surface area (Å²) >= 11 is 1.48. The maximum Gasteiger partial charge on any atom is 0.261 e. The summed E-state index contributed by atoms with van der Waals surface area (Å²) in [7, 11) is 0. The lowest BCUT2D eigenvalue weighted by atomic mass is 10.1. The number of furan rings is 1. The molecule has 1 atom stereocenters. The number of hydrogen-bond donors (Lipinski definition) is 1. The van der Waals surface area contributed by atoms with Crippen LogP contribution in [0.1, 0.15) is 34.5 Å². The van der Waals surface area contributed by atoms with E-state index in [1.54, 1.807) is 6.26 Å². The Bertz CT molecular complexity index is 1050. The van der Waals surface area contributed by atoms with E-state index in [4.69, 9.17) is 4.42 Å². The van der Waals surface area contributed by atoms with Crippen LogP contribution in [0.2, 0.25) is 0 Å². The van der Waals surface area contributed by atoms with Gasteiger partial charge in [0.1, 0.15) is 10.6 Å². The van der Waals surface area contributed by atoms with Crippen LogP contribution in [0.25, 0.3) is 15.9 Å². The van der Waals surface area contributed by atoms with E-state index in [1.165, 1.54) is 11.3 Å². The topological polar surface area (TPSA) is 60.1 Å². The monoisotopic (exact) mass is 379 g/mol. The zero-order valence-electron chi connectivity index (χ0n) is 15.3. The molecule has 138 valence electrons. The van der Waals surface area contributed by atoms with E-state index < -0.39 is 0 Å². The lowest BCUT2D eigenvalue weighted by Gasteiger charge is -2.12. The van der Waals surface area contributed by atoms with Crippen molar-refractivity contribution in [1.82, 2.24) is 15.1 Å². The Kier molecular flexibility index (Phi) is 4.81. The van der Waals surface area contributed by atoms with E-state index in [9.17, 15) is 4.79 Å². The van der Waals surface area contributed by atoms with Gasteiger partial charge in [0.15, 0.2) is 0 Å². The standard InChI is InChI=1S/C21H21N3O2S/c1-14(10-11-17-9-6-12-26-17)22-20(25)19-13-18-15(2)23-24(21(18)27-19)16-7-4-3-5-8-16/h3-9,12-14H,10-11H2,1-2H3,(H,22,25)/t14-/m0/s1. The Morgan fingerprint density at radius 3 is 2.81 bits per heavy atom. The van der Waals surface area contributed by atoms with Crippen LogP contribution in [0.3, 0.4) is 0 Å². The van der Waals surface area contributed by atoms with Crippen LogP contribution < -0.4 is 5.32 Å². The van der Waals surface area contributed by atoms with Gasteiger partial charge in [-0.3, -0.25) is 4.79 Å². The van der Waals surface area contributed by atoms with Crippen LogP contribution in [-0.2, 0) is 6.42 Å². The first-order valence-corrected chi connectivity index (χ1v) is 9.81. The van der Waals surface area contributed by atoms with E-state index in [2.05, 4.69) is 10.4 Å². The molecule has 0 saturated heterocycles. The van der Waals surface area contributed by atoms with Crippen LogP contribution in [0.4, 0.5) is 0 Å². The zero-order chi connectivity index (χ0) is 18.8. The van der Waals surface area contributed by atoms with Crippen LogP contribution in [0.5, 0.6) is 0 Å². The molecule has 0 unspecified atom stereocenters. The second kappa shape index (κ2) is 7.40. The molecule has 1 aromatic carbocycles. The number of rotatable bonds is 6. The fraction of sp³-hybridized carbons (Fsp3) is 0.238. The van der Waals surface area contributed by atoms with Gasteiger partial charge in [0.05, 0.1) is 22.5 Å². The van der Waals surface area contributed by atoms with Gasteiger partial charge in [-0.15, -0.1) is 11.3 Å². The summed E-state index contributed by atoms with van der Waals surface area (Å²) < 4.78 is 7.26. The third kappa shape index (κ3) is 3.66. The van der Waals surface area contributed by atoms with Crippen molar-refractivity contribution >= 4 is 27.5 Å². The van der Waals surface area contributed by atoms with Gasteiger partial charge < -0.3 is 9.73 Å². The fourth-order valence-corrected chi connectivity index (χ4v) is 4.17. The smallest absolute Gasteiger partial charge is 0.261 e. The van der Waals surface area contributed by atoms with Crippen molar-refractivity contribution in [2.24, 2.45) is 0 Å². The Labute approximate surface area is 161 Å². The van der Waals surface area contributed by atoms with Crippen molar-refractivity contribution in [2.45, 2.75) is 32.7 Å². The van der Waals surface area contributed by atoms with E-state index in [0.29, 0.717) is 4.88 Å². The van der Waals surface area contributed by atoms with Gasteiger partial charge in [0.25, 0.3) is 5.91 Å². The van der Waals surface area contributed by atoms with E-state index in [-0.39, 0.29) is 11.9 Å². The lowest BCUT2D eigenvalue weighted by molar-refractivity contribution is 0.0942. The summed E-state index contributed by atoms with van der Waals surface area (Å²) in [5.41, 5.74) is 1.92. The molecule has 0 aliphatic rings. The number of nitrogens with zero attached hydrogens (tertiary/aromatic N) is 2. The molecule has 0 fully saturated rings. The first-order valence-electron chi connectivity index (χ1n) is 8.99. The first kappa shape index (κ1) is 17.5. The summed E-state index contributed by atoms with van der Waals surface area (Å²) in [6.07, 6.45) is 3.32. The molecule has 6 heteroatoms. The van der Waals surface area contributed by atoms with E-state index in [0.717, 1.165) is 40.2 Å². The number of hydrogen-bond acceptors (Lipinski definition) is 4. The molecule has 1 N–H and O–H groups in total. The van der Waals surface area contributed by atoms with Gasteiger partial charge in [-0.1, -0.05) is 18.2 Å². The van der Waals surface area contributed by atoms with Gasteiger partial charge in [-0.05, 0) is 50.6 Å². The van der Waals surface area contributed by atoms with Gasteiger partial charge in [0, 0.05) is 17.8 Å². The van der Waals surface area contributed by atoms with Gasteiger partial charge in [0.2, 0.25) is 0 Å². The van der Waals surface area contributed by atoms with Crippen molar-refractivity contribution in [2.75, 3.05) is 0 Å². The van der Waals surface area contributed by atoms with Gasteiger partial charge in [-0.25, -0.2) is 4.68 Å². The maximum absolute atomic E-state index is 12.7. The molecule has 3 aromatic heterocycles. The second-order valence-corrected chi connectivity index (χ2v) is 7.69. The number of aryl methyl sites for hydroxylation is 2. The average molecular weight is 379 g/mol. The van der Waals surface area contributed by atoms with Crippen molar-refractivity contribution in [3.05, 3.63) is 71.1 Å². The minimum Gasteiger partial charge on any atom is -0.469 e. The molecular weight excluding hydrogens is 358 g/mol. The first-order chi connectivity index (χ1) is 13.1. The molecule has 0 spiro atoms. The Morgan fingerprint density at radius 2 is 2.07 bits per heavy atom. The molecule has 0 aliphatic heterocycles. The summed E-state index contributed by atoms with van der Waals surface area (Å²) in [6, 6.07) is 15.8. The number of thiophene rings is 1. The number of benzene rings is 1. The van der Waals surface area contributed by atoms with Crippen LogP contribution in [0, 0.1) is 6.92 Å². The van der Waals surface area contributed by atoms with Crippen LogP contribution in [0.15, 0.2) is 59.2 Å². The summed E-state index contributed by atoms with van der Waals surface area (Å²) in [5.74, 6) is 0.902. The quantitative estimate of drug-likeness (QED) is 0.526. The minimum absolute atomic E-state index is 0.0397. The number of fused-ring (bicyclic) bond motifs is 1. The predicted octanol–water partition coefficient (Wildman–Crippen LogP) is 4.74. The van der Waals surface area contributed by atoms with E-state index >= 15 is 0 Å². The van der Waals surface area contributed by atoms with E-state index in [1.807, 2.05) is 67.1 Å². The number of amides is 1. The highest BCUT2D eigenvalue weighted by atomic mass is 32.1. The molecule has 27 heavy (non-hydrogen) atoms. The third-order valence-corrected chi connectivity index (χ3v) is 5.66. The molecular formula is C21H21N3O2S. The molecule has 4 aromatic rings. The fourth-order valence-electron chi connectivity index (χ4n) is 3.08. The largest absolute Gasteiger partial charge is 0.469 e. The Morgan fingerprint density at radius 1 is 1.26 bits per heavy atom. The van der Waals surface area contributed by atoms with Crippen molar-refractivity contribution < 1.29 is 9.21 Å². The normalized spacial score (nSPS) is 12.4. The third-order valence-electron chi connectivity index (χ3n) is 4.55. The molecule has 0 saturated carbocycles. The Hall–Kier alpha value is -2.86. The average Bonchev–Trinajstić information content (AvgIpc) is 3.39. The molecule has 4 rings (SSSR count). The number of nitrogens with one attached hydrogen (secondary N) is 1. The molecule has 1 amide bonds. The minimum atomic E-state index is -0.0397. The molecule has 0 bridgehead atoms. The van der Waals surface area contributed by atoms with Gasteiger partial charge in [-0.2, -0.15) is 5.10 Å². The van der Waals surface area contributed by atoms with Crippen molar-refractivity contribution in [3.63, 3.8) is 0 Å². The van der Waals surface area contributed by atoms with Crippen LogP contribution >= 0.6 is 11.3 Å². The molecule has 0 radical (unpaired) electrons. The van der Waals surface area contributed by atoms with Crippen molar-refractivity contribution in [1.29, 1.82) is 0 Å². The number of aromatic nitrogens is 2. The summed E-state index contributed by atoms with van der Waals surface area (Å²) in [6.45, 7) is 3.99. The maximum atomic E-state index is 12.7. The highest BCUT2D eigenvalue weighted by Crippen LogP contribution is 2.30. The molecule has 5 nitrogen and oxygen atoms in total. The number of para-hydroxylation sites is 1. The highest BCUT2D eigenvalue weighted by molar-refractivity contribution is 7.20. The second-order valence-electron chi connectivity index (χ2n) is 6.65. The molecule has 3 heterocycles. The SMILES string of the molecule is Cc1nn(-c2ccccc2)c2sc(C(=O)N[C@@H](C)CCc3ccco3)cc12. The van der Waals surface area contributed by atoms with Gasteiger partial charge >= 0.3 is 0 Å². The number of carbonyl (C=O) groups excluding carboxylic acids is 1. The predicted molar refractivity (Wildman–Crippen MR) is 108 cm³/mol. The van der Waals surface area contributed by atoms with Crippen LogP contribution in [-0.4, -0.2) is 21.7 Å². The summed E-state index contributed by atoms with van der Waals surface area (Å²) in [4.78, 5) is 14.4. The highest BCUT2D eigenvalue weighted by Gasteiger charge is 2.18. The Balaban J connectivity index is 1.51. The zero-order valence-corrected chi connectivity index (χ0v) is 16.1. The molecule has 0 aliphatic carbocycles.